The topological polar surface area (TPSA) is 68.1 Å². The van der Waals surface area contributed by atoms with Gasteiger partial charge in [0.25, 0.3) is 5.69 Å². The molecule has 0 bridgehead atoms. The molecule has 1 aromatic heterocycles. The van der Waals surface area contributed by atoms with Crippen LogP contribution in [0, 0.1) is 15.9 Å². The summed E-state index contributed by atoms with van der Waals surface area (Å²) in [5.74, 6) is 0.303. The van der Waals surface area contributed by atoms with Crippen LogP contribution in [0.1, 0.15) is 13.3 Å². The Labute approximate surface area is 126 Å². The number of hydrogen-bond donors (Lipinski definition) is 1. The second kappa shape index (κ2) is 6.71. The van der Waals surface area contributed by atoms with Gasteiger partial charge in [0.15, 0.2) is 5.82 Å². The molecule has 0 amide bonds. The predicted octanol–water partition coefficient (Wildman–Crippen LogP) is 3.84. The number of nitro benzene ring substituents is 1. The highest BCUT2D eigenvalue weighted by Crippen LogP contribution is 2.33. The van der Waals surface area contributed by atoms with E-state index in [1.807, 2.05) is 13.2 Å². The zero-order chi connectivity index (χ0) is 15.4. The second-order valence-electron chi connectivity index (χ2n) is 4.74. The van der Waals surface area contributed by atoms with E-state index in [4.69, 9.17) is 0 Å². The number of nitrogens with one attached hydrogen (secondary N) is 1. The molecule has 112 valence electrons. The molecule has 1 unspecified atom stereocenters. The van der Waals surface area contributed by atoms with E-state index in [1.165, 1.54) is 6.20 Å². The van der Waals surface area contributed by atoms with E-state index in [-0.39, 0.29) is 17.4 Å². The van der Waals surface area contributed by atoms with Gasteiger partial charge in [0, 0.05) is 12.2 Å². The van der Waals surface area contributed by atoms with E-state index in [0.29, 0.717) is 10.9 Å². The van der Waals surface area contributed by atoms with E-state index in [2.05, 4.69) is 10.3 Å². The fourth-order valence-electron chi connectivity index (χ4n) is 2.10. The number of aromatic nitrogens is 1. The first-order chi connectivity index (χ1) is 10.0. The molecule has 5 nitrogen and oxygen atoms in total. The zero-order valence-electron chi connectivity index (χ0n) is 11.8. The van der Waals surface area contributed by atoms with Crippen molar-refractivity contribution in [1.29, 1.82) is 0 Å². The van der Waals surface area contributed by atoms with Crippen molar-refractivity contribution in [3.8, 4) is 0 Å². The molecular formula is C14H16FN3O2S. The highest BCUT2D eigenvalue weighted by molar-refractivity contribution is 7.98. The summed E-state index contributed by atoms with van der Waals surface area (Å²) in [5, 5.41) is 14.4. The van der Waals surface area contributed by atoms with Crippen molar-refractivity contribution in [1.82, 2.24) is 4.98 Å². The Balaban J connectivity index is 2.47. The zero-order valence-corrected chi connectivity index (χ0v) is 12.6. The standard InChI is InChI=1S/C14H16FN3O2S/c1-9(5-7-21-2)17-14-11(15)8-12(18(19)20)10-4-3-6-16-13(10)14/h3-4,6,8-9,17H,5,7H2,1-2H3. The lowest BCUT2D eigenvalue weighted by atomic mass is 10.1. The number of anilines is 1. The van der Waals surface area contributed by atoms with Crippen molar-refractivity contribution in [2.75, 3.05) is 17.3 Å². The Kier molecular flexibility index (Phi) is 4.95. The Morgan fingerprint density at radius 2 is 2.33 bits per heavy atom. The lowest BCUT2D eigenvalue weighted by Crippen LogP contribution is -2.17. The van der Waals surface area contributed by atoms with Gasteiger partial charge in [-0.3, -0.25) is 15.1 Å². The first-order valence-electron chi connectivity index (χ1n) is 6.51. The minimum absolute atomic E-state index is 0.0543. The number of nitrogens with zero attached hydrogens (tertiary/aromatic N) is 2. The van der Waals surface area contributed by atoms with Crippen LogP contribution in [0.2, 0.25) is 0 Å². The third kappa shape index (κ3) is 3.41. The first kappa shape index (κ1) is 15.5. The van der Waals surface area contributed by atoms with Crippen LogP contribution in [0.4, 0.5) is 15.8 Å². The van der Waals surface area contributed by atoms with Crippen LogP contribution in [0.5, 0.6) is 0 Å². The average molecular weight is 309 g/mol. The monoisotopic (exact) mass is 309 g/mol. The van der Waals surface area contributed by atoms with E-state index in [0.717, 1.165) is 18.2 Å². The minimum Gasteiger partial charge on any atom is -0.378 e. The van der Waals surface area contributed by atoms with Gasteiger partial charge in [-0.1, -0.05) is 0 Å². The molecule has 0 spiro atoms. The van der Waals surface area contributed by atoms with Gasteiger partial charge in [-0.2, -0.15) is 11.8 Å². The molecule has 1 N–H and O–H groups in total. The van der Waals surface area contributed by atoms with Gasteiger partial charge in [0.2, 0.25) is 0 Å². The summed E-state index contributed by atoms with van der Waals surface area (Å²) in [6, 6.07) is 4.19. The molecule has 2 rings (SSSR count). The molecule has 2 aromatic rings. The summed E-state index contributed by atoms with van der Waals surface area (Å²) in [6.07, 6.45) is 4.38. The molecular weight excluding hydrogens is 293 g/mol. The summed E-state index contributed by atoms with van der Waals surface area (Å²) in [4.78, 5) is 14.5. The Morgan fingerprint density at radius 1 is 1.57 bits per heavy atom. The second-order valence-corrected chi connectivity index (χ2v) is 5.72. The SMILES string of the molecule is CSCCC(C)Nc1c(F)cc([N+](=O)[O-])c2cccnc12. The number of benzene rings is 1. The molecule has 0 saturated carbocycles. The molecule has 0 aliphatic carbocycles. The summed E-state index contributed by atoms with van der Waals surface area (Å²) in [6.45, 7) is 1.95. The molecule has 0 aliphatic rings. The quantitative estimate of drug-likeness (QED) is 0.648. The number of non-ortho nitro benzene ring substituents is 1. The molecule has 0 aliphatic heterocycles. The number of halogens is 1. The maximum atomic E-state index is 14.2. The van der Waals surface area contributed by atoms with Crippen LogP contribution in [-0.2, 0) is 0 Å². The van der Waals surface area contributed by atoms with Crippen molar-refractivity contribution >= 4 is 34.0 Å². The predicted molar refractivity (Wildman–Crippen MR) is 84.4 cm³/mol. The lowest BCUT2D eigenvalue weighted by Gasteiger charge is -2.16. The normalized spacial score (nSPS) is 12.3. The van der Waals surface area contributed by atoms with Crippen molar-refractivity contribution in [2.24, 2.45) is 0 Å². The Morgan fingerprint density at radius 3 is 3.00 bits per heavy atom. The van der Waals surface area contributed by atoms with Gasteiger partial charge < -0.3 is 5.32 Å². The van der Waals surface area contributed by atoms with Crippen LogP contribution < -0.4 is 5.32 Å². The maximum Gasteiger partial charge on any atom is 0.281 e. The van der Waals surface area contributed by atoms with Crippen LogP contribution in [0.3, 0.4) is 0 Å². The average Bonchev–Trinajstić information content (AvgIpc) is 2.47. The van der Waals surface area contributed by atoms with Gasteiger partial charge in [0.05, 0.1) is 22.1 Å². The Bertz CT molecular complexity index is 666. The molecule has 1 atom stereocenters. The highest BCUT2D eigenvalue weighted by atomic mass is 32.2. The molecule has 7 heteroatoms. The molecule has 0 fully saturated rings. The van der Waals surface area contributed by atoms with Gasteiger partial charge in [-0.25, -0.2) is 4.39 Å². The van der Waals surface area contributed by atoms with Crippen molar-refractivity contribution in [3.05, 3.63) is 40.3 Å². The van der Waals surface area contributed by atoms with Gasteiger partial charge >= 0.3 is 0 Å². The summed E-state index contributed by atoms with van der Waals surface area (Å²) >= 11 is 1.72. The van der Waals surface area contributed by atoms with Crippen LogP contribution in [0.15, 0.2) is 24.4 Å². The van der Waals surface area contributed by atoms with Crippen LogP contribution >= 0.6 is 11.8 Å². The van der Waals surface area contributed by atoms with Crippen LogP contribution in [-0.4, -0.2) is 28.0 Å². The van der Waals surface area contributed by atoms with Crippen molar-refractivity contribution in [2.45, 2.75) is 19.4 Å². The summed E-state index contributed by atoms with van der Waals surface area (Å²) in [5.41, 5.74) is 0.253. The fraction of sp³-hybridized carbons (Fsp3) is 0.357. The molecule has 0 radical (unpaired) electrons. The maximum absolute atomic E-state index is 14.2. The minimum atomic E-state index is -0.649. The molecule has 21 heavy (non-hydrogen) atoms. The fourth-order valence-corrected chi connectivity index (χ4v) is 2.69. The van der Waals surface area contributed by atoms with Gasteiger partial charge in [-0.05, 0) is 37.5 Å². The van der Waals surface area contributed by atoms with E-state index >= 15 is 0 Å². The smallest absolute Gasteiger partial charge is 0.281 e. The third-order valence-corrected chi connectivity index (χ3v) is 3.81. The van der Waals surface area contributed by atoms with E-state index in [1.54, 1.807) is 23.9 Å². The number of hydrogen-bond acceptors (Lipinski definition) is 5. The third-order valence-electron chi connectivity index (χ3n) is 3.17. The van der Waals surface area contributed by atoms with Gasteiger partial charge in [0.1, 0.15) is 5.52 Å². The highest BCUT2D eigenvalue weighted by Gasteiger charge is 2.20. The summed E-state index contributed by atoms with van der Waals surface area (Å²) < 4.78 is 14.2. The van der Waals surface area contributed by atoms with Crippen LogP contribution in [0.25, 0.3) is 10.9 Å². The van der Waals surface area contributed by atoms with Crippen molar-refractivity contribution in [3.63, 3.8) is 0 Å². The molecule has 1 heterocycles. The van der Waals surface area contributed by atoms with Crippen molar-refractivity contribution < 1.29 is 9.31 Å². The largest absolute Gasteiger partial charge is 0.378 e. The number of nitro groups is 1. The number of fused-ring (bicyclic) bond motifs is 1. The number of pyridine rings is 1. The molecule has 0 saturated heterocycles. The first-order valence-corrected chi connectivity index (χ1v) is 7.91. The number of thioether (sulfide) groups is 1. The summed E-state index contributed by atoms with van der Waals surface area (Å²) in [7, 11) is 0. The molecule has 1 aromatic carbocycles. The lowest BCUT2D eigenvalue weighted by molar-refractivity contribution is -0.383. The van der Waals surface area contributed by atoms with E-state index in [9.17, 15) is 14.5 Å². The number of rotatable bonds is 6. The Hall–Kier alpha value is -1.89. The van der Waals surface area contributed by atoms with Gasteiger partial charge in [-0.15, -0.1) is 0 Å². The van der Waals surface area contributed by atoms with E-state index < -0.39 is 10.7 Å².